The molecule has 6 nitrogen and oxygen atoms in total. The molecule has 0 spiro atoms. The number of halogens is 3. The highest BCUT2D eigenvalue weighted by Crippen LogP contribution is 2.30. The van der Waals surface area contributed by atoms with E-state index < -0.39 is 17.5 Å². The number of hydrogen-bond donors (Lipinski definition) is 2. The van der Waals surface area contributed by atoms with Crippen LogP contribution < -0.4 is 5.32 Å². The molecule has 2 N–H and O–H groups in total. The second kappa shape index (κ2) is 5.58. The Bertz CT molecular complexity index is 668. The maximum absolute atomic E-state index is 12.9. The van der Waals surface area contributed by atoms with E-state index in [4.69, 9.17) is 0 Å². The predicted molar refractivity (Wildman–Crippen MR) is 75.8 cm³/mol. The van der Waals surface area contributed by atoms with Gasteiger partial charge in [0.1, 0.15) is 12.1 Å². The van der Waals surface area contributed by atoms with Crippen LogP contribution in [0.3, 0.4) is 0 Å². The van der Waals surface area contributed by atoms with E-state index in [2.05, 4.69) is 20.4 Å². The van der Waals surface area contributed by atoms with E-state index >= 15 is 0 Å². The molecule has 0 amide bonds. The Morgan fingerprint density at radius 1 is 1.36 bits per heavy atom. The first-order chi connectivity index (χ1) is 10.4. The molecule has 1 aliphatic heterocycles. The molecule has 0 aliphatic carbocycles. The molecule has 0 bridgehead atoms. The third kappa shape index (κ3) is 3.12. The topological polar surface area (TPSA) is 75.3 Å². The van der Waals surface area contributed by atoms with Gasteiger partial charge in [0.05, 0.1) is 5.60 Å². The number of fused-ring (bicyclic) bond motifs is 1. The second-order valence-electron chi connectivity index (χ2n) is 5.19. The lowest BCUT2D eigenvalue weighted by Crippen LogP contribution is -2.40. The molecular formula is C12H14F3N5OS. The van der Waals surface area contributed by atoms with E-state index in [1.165, 1.54) is 4.52 Å². The maximum Gasteiger partial charge on any atom is 0.433 e. The molecule has 3 heterocycles. The Balaban J connectivity index is 1.87. The quantitative estimate of drug-likeness (QED) is 0.892. The van der Waals surface area contributed by atoms with Gasteiger partial charge in [-0.2, -0.15) is 39.5 Å². The number of aromatic nitrogens is 4. The van der Waals surface area contributed by atoms with Gasteiger partial charge in [-0.25, -0.2) is 4.98 Å². The molecule has 1 fully saturated rings. The summed E-state index contributed by atoms with van der Waals surface area (Å²) in [6.45, 7) is 0.157. The van der Waals surface area contributed by atoms with Gasteiger partial charge in [0, 0.05) is 12.6 Å². The molecule has 0 unspecified atom stereocenters. The van der Waals surface area contributed by atoms with Crippen molar-refractivity contribution in [1.29, 1.82) is 0 Å². The van der Waals surface area contributed by atoms with Crippen LogP contribution in [0.5, 0.6) is 0 Å². The number of hydrogen-bond acceptors (Lipinski definition) is 6. The van der Waals surface area contributed by atoms with Crippen molar-refractivity contribution >= 4 is 23.4 Å². The SMILES string of the molecule is OC1(CNc2cc(C(F)(F)F)nc3ncnn23)CCSCC1. The summed E-state index contributed by atoms with van der Waals surface area (Å²) in [4.78, 5) is 7.14. The van der Waals surface area contributed by atoms with Crippen molar-refractivity contribution in [3.8, 4) is 0 Å². The molecule has 10 heteroatoms. The Morgan fingerprint density at radius 3 is 2.77 bits per heavy atom. The highest BCUT2D eigenvalue weighted by atomic mass is 32.2. The fourth-order valence-corrected chi connectivity index (χ4v) is 3.52. The number of thioether (sulfide) groups is 1. The number of aliphatic hydroxyl groups is 1. The van der Waals surface area contributed by atoms with Crippen molar-refractivity contribution in [2.75, 3.05) is 23.4 Å². The van der Waals surface area contributed by atoms with Crippen LogP contribution in [-0.2, 0) is 6.18 Å². The van der Waals surface area contributed by atoms with Crippen LogP contribution in [0.4, 0.5) is 19.0 Å². The minimum absolute atomic E-state index is 0.112. The van der Waals surface area contributed by atoms with Crippen LogP contribution in [0.25, 0.3) is 5.78 Å². The van der Waals surface area contributed by atoms with Gasteiger partial charge in [-0.3, -0.25) is 0 Å². The van der Waals surface area contributed by atoms with E-state index in [1.807, 2.05) is 0 Å². The molecule has 2 aromatic heterocycles. The molecule has 0 atom stereocenters. The smallest absolute Gasteiger partial charge is 0.388 e. The number of alkyl halides is 3. The van der Waals surface area contributed by atoms with Gasteiger partial charge in [0.15, 0.2) is 5.69 Å². The van der Waals surface area contributed by atoms with Crippen LogP contribution in [0, 0.1) is 0 Å². The summed E-state index contributed by atoms with van der Waals surface area (Å²) in [6.07, 6.45) is -2.23. The van der Waals surface area contributed by atoms with Crippen molar-refractivity contribution in [1.82, 2.24) is 19.6 Å². The molecule has 120 valence electrons. The summed E-state index contributed by atoms with van der Waals surface area (Å²) in [5, 5.41) is 17.1. The number of rotatable bonds is 3. The lowest BCUT2D eigenvalue weighted by molar-refractivity contribution is -0.141. The highest BCUT2D eigenvalue weighted by molar-refractivity contribution is 7.99. The van der Waals surface area contributed by atoms with E-state index in [0.29, 0.717) is 12.8 Å². The van der Waals surface area contributed by atoms with Gasteiger partial charge in [-0.15, -0.1) is 0 Å². The van der Waals surface area contributed by atoms with Gasteiger partial charge in [0.25, 0.3) is 5.78 Å². The van der Waals surface area contributed by atoms with Crippen molar-refractivity contribution in [2.45, 2.75) is 24.6 Å². The zero-order valence-electron chi connectivity index (χ0n) is 11.5. The standard InChI is InChI=1S/C12H14F3N5OS/c13-12(14,15)8-5-9(20-10(19-8)17-7-18-20)16-6-11(21)1-3-22-4-2-11/h5,7,16,21H,1-4,6H2. The Labute approximate surface area is 128 Å². The molecule has 2 aromatic rings. The zero-order chi connectivity index (χ0) is 15.8. The Morgan fingerprint density at radius 2 is 2.09 bits per heavy atom. The largest absolute Gasteiger partial charge is 0.433 e. The summed E-state index contributed by atoms with van der Waals surface area (Å²) < 4.78 is 39.8. The van der Waals surface area contributed by atoms with Crippen LogP contribution in [-0.4, -0.2) is 48.3 Å². The first-order valence-corrected chi connectivity index (χ1v) is 7.85. The van der Waals surface area contributed by atoms with Crippen molar-refractivity contribution in [3.63, 3.8) is 0 Å². The number of nitrogens with one attached hydrogen (secondary N) is 1. The van der Waals surface area contributed by atoms with E-state index in [9.17, 15) is 18.3 Å². The highest BCUT2D eigenvalue weighted by Gasteiger charge is 2.34. The Hall–Kier alpha value is -1.55. The molecule has 0 saturated carbocycles. The van der Waals surface area contributed by atoms with Crippen LogP contribution in [0.1, 0.15) is 18.5 Å². The third-order valence-corrected chi connectivity index (χ3v) is 4.55. The minimum atomic E-state index is -4.57. The molecule has 22 heavy (non-hydrogen) atoms. The zero-order valence-corrected chi connectivity index (χ0v) is 12.3. The van der Waals surface area contributed by atoms with E-state index in [1.54, 1.807) is 11.8 Å². The van der Waals surface area contributed by atoms with Gasteiger partial charge < -0.3 is 10.4 Å². The molecule has 0 aromatic carbocycles. The monoisotopic (exact) mass is 333 g/mol. The van der Waals surface area contributed by atoms with Crippen LogP contribution >= 0.6 is 11.8 Å². The van der Waals surface area contributed by atoms with Crippen molar-refractivity contribution in [2.24, 2.45) is 0 Å². The van der Waals surface area contributed by atoms with Crippen LogP contribution in [0.15, 0.2) is 12.4 Å². The average molecular weight is 333 g/mol. The lowest BCUT2D eigenvalue weighted by Gasteiger charge is -2.32. The molecule has 1 saturated heterocycles. The third-order valence-electron chi connectivity index (χ3n) is 3.56. The molecule has 0 radical (unpaired) electrons. The minimum Gasteiger partial charge on any atom is -0.388 e. The maximum atomic E-state index is 12.9. The first kappa shape index (κ1) is 15.3. The van der Waals surface area contributed by atoms with Crippen molar-refractivity contribution in [3.05, 3.63) is 18.1 Å². The summed E-state index contributed by atoms with van der Waals surface area (Å²) in [5.74, 6) is 1.65. The second-order valence-corrected chi connectivity index (χ2v) is 6.41. The van der Waals surface area contributed by atoms with E-state index in [-0.39, 0.29) is 18.1 Å². The molecular weight excluding hydrogens is 319 g/mol. The van der Waals surface area contributed by atoms with E-state index in [0.717, 1.165) is 23.9 Å². The fraction of sp³-hybridized carbons (Fsp3) is 0.583. The van der Waals surface area contributed by atoms with Gasteiger partial charge in [0.2, 0.25) is 0 Å². The lowest BCUT2D eigenvalue weighted by atomic mass is 9.97. The van der Waals surface area contributed by atoms with Gasteiger partial charge in [-0.1, -0.05) is 0 Å². The van der Waals surface area contributed by atoms with Gasteiger partial charge in [-0.05, 0) is 24.3 Å². The van der Waals surface area contributed by atoms with Crippen LogP contribution in [0.2, 0.25) is 0 Å². The molecule has 3 rings (SSSR count). The molecule has 1 aliphatic rings. The Kier molecular flexibility index (Phi) is 3.89. The summed E-state index contributed by atoms with van der Waals surface area (Å²) in [6, 6.07) is 0.878. The summed E-state index contributed by atoms with van der Waals surface area (Å²) >= 11 is 1.75. The fourth-order valence-electron chi connectivity index (χ4n) is 2.27. The first-order valence-electron chi connectivity index (χ1n) is 6.69. The summed E-state index contributed by atoms with van der Waals surface area (Å²) in [5.41, 5.74) is -1.96. The van der Waals surface area contributed by atoms with Gasteiger partial charge >= 0.3 is 6.18 Å². The summed E-state index contributed by atoms with van der Waals surface area (Å²) in [7, 11) is 0. The number of anilines is 1. The normalized spacial score (nSPS) is 18.5. The average Bonchev–Trinajstić information content (AvgIpc) is 2.93. The predicted octanol–water partition coefficient (Wildman–Crippen LogP) is 1.81. The number of nitrogens with zero attached hydrogens (tertiary/aromatic N) is 4. The van der Waals surface area contributed by atoms with Crippen molar-refractivity contribution < 1.29 is 18.3 Å².